The molecule has 0 aliphatic carbocycles. The second-order valence-corrected chi connectivity index (χ2v) is 11.7. The third-order valence-corrected chi connectivity index (χ3v) is 8.10. The minimum absolute atomic E-state index is 0.0335. The van der Waals surface area contributed by atoms with Crippen LogP contribution in [-0.4, -0.2) is 88.3 Å². The molecule has 0 saturated carbocycles. The second kappa shape index (κ2) is 12.0. The van der Waals surface area contributed by atoms with E-state index in [0.717, 1.165) is 53.9 Å². The molecule has 4 aromatic rings. The summed E-state index contributed by atoms with van der Waals surface area (Å²) < 4.78 is 5.35. The second-order valence-electron chi connectivity index (χ2n) is 11.7. The SMILES string of the molecule is CC(C)OC(=O)c1ccc2c(C(=Nc3ccc4c(c3)CN(C(=O)CN3CCN(C)CC3)C4)c3ccccc3)c(O)[nH]c2c1. The molecule has 6 rings (SSSR count). The number of H-pyrrole nitrogens is 1. The minimum atomic E-state index is -0.418. The molecule has 0 spiro atoms. The van der Waals surface area contributed by atoms with Gasteiger partial charge in [-0.15, -0.1) is 0 Å². The number of carbonyl (C=O) groups is 2. The van der Waals surface area contributed by atoms with Crippen molar-refractivity contribution < 1.29 is 19.4 Å². The zero-order valence-electron chi connectivity index (χ0n) is 24.8. The van der Waals surface area contributed by atoms with Crippen LogP contribution < -0.4 is 0 Å². The van der Waals surface area contributed by atoms with E-state index in [1.54, 1.807) is 26.0 Å². The normalized spacial score (nSPS) is 16.2. The molecule has 222 valence electrons. The highest BCUT2D eigenvalue weighted by Gasteiger charge is 2.26. The number of piperazine rings is 1. The summed E-state index contributed by atoms with van der Waals surface area (Å²) in [5, 5.41) is 11.9. The number of benzene rings is 3. The van der Waals surface area contributed by atoms with Gasteiger partial charge in [0.15, 0.2) is 5.88 Å². The smallest absolute Gasteiger partial charge is 0.338 e. The van der Waals surface area contributed by atoms with E-state index in [0.29, 0.717) is 42.0 Å². The van der Waals surface area contributed by atoms with Gasteiger partial charge in [-0.05, 0) is 56.3 Å². The molecule has 1 fully saturated rings. The molecule has 0 bridgehead atoms. The highest BCUT2D eigenvalue weighted by Crippen LogP contribution is 2.33. The van der Waals surface area contributed by atoms with E-state index >= 15 is 0 Å². The summed E-state index contributed by atoms with van der Waals surface area (Å²) in [4.78, 5) is 40.2. The van der Waals surface area contributed by atoms with Gasteiger partial charge in [-0.3, -0.25) is 9.69 Å². The largest absolute Gasteiger partial charge is 0.494 e. The van der Waals surface area contributed by atoms with Crippen LogP contribution in [0.2, 0.25) is 0 Å². The first kappa shape index (κ1) is 28.6. The molecule has 3 aromatic carbocycles. The summed E-state index contributed by atoms with van der Waals surface area (Å²) in [7, 11) is 2.11. The summed E-state index contributed by atoms with van der Waals surface area (Å²) in [6.07, 6.45) is -0.234. The van der Waals surface area contributed by atoms with Gasteiger partial charge in [-0.25, -0.2) is 9.79 Å². The molecule has 9 heteroatoms. The van der Waals surface area contributed by atoms with Crippen molar-refractivity contribution in [2.75, 3.05) is 39.8 Å². The molecule has 1 amide bonds. The number of rotatable bonds is 7. The van der Waals surface area contributed by atoms with Gasteiger partial charge in [-0.1, -0.05) is 42.5 Å². The van der Waals surface area contributed by atoms with Crippen LogP contribution >= 0.6 is 0 Å². The number of nitrogens with zero attached hydrogens (tertiary/aromatic N) is 4. The number of aromatic hydroxyl groups is 1. The van der Waals surface area contributed by atoms with Gasteiger partial charge in [0.25, 0.3) is 0 Å². The number of hydrogen-bond acceptors (Lipinski definition) is 7. The Morgan fingerprint density at radius 3 is 2.42 bits per heavy atom. The predicted octanol–water partition coefficient (Wildman–Crippen LogP) is 4.70. The van der Waals surface area contributed by atoms with E-state index in [2.05, 4.69) is 21.8 Å². The average molecular weight is 580 g/mol. The predicted molar refractivity (Wildman–Crippen MR) is 167 cm³/mol. The van der Waals surface area contributed by atoms with E-state index in [4.69, 9.17) is 9.73 Å². The van der Waals surface area contributed by atoms with E-state index < -0.39 is 5.97 Å². The highest BCUT2D eigenvalue weighted by molar-refractivity contribution is 6.22. The highest BCUT2D eigenvalue weighted by atomic mass is 16.5. The Balaban J connectivity index is 1.30. The van der Waals surface area contributed by atoms with Crippen molar-refractivity contribution in [3.63, 3.8) is 0 Å². The summed E-state index contributed by atoms with van der Waals surface area (Å²) in [5.74, 6) is -0.302. The van der Waals surface area contributed by atoms with Gasteiger partial charge in [0, 0.05) is 55.7 Å². The summed E-state index contributed by atoms with van der Waals surface area (Å²) in [6, 6.07) is 21.0. The molecule has 1 saturated heterocycles. The number of hydrogen-bond donors (Lipinski definition) is 2. The van der Waals surface area contributed by atoms with Gasteiger partial charge >= 0.3 is 5.97 Å². The molecule has 0 atom stereocenters. The number of amides is 1. The van der Waals surface area contributed by atoms with Crippen molar-refractivity contribution in [3.8, 4) is 5.88 Å². The molecule has 43 heavy (non-hydrogen) atoms. The Labute approximate surface area is 251 Å². The molecule has 0 unspecified atom stereocenters. The number of fused-ring (bicyclic) bond motifs is 2. The lowest BCUT2D eigenvalue weighted by Crippen LogP contribution is -2.48. The van der Waals surface area contributed by atoms with Crippen molar-refractivity contribution in [3.05, 3.63) is 94.5 Å². The van der Waals surface area contributed by atoms with Crippen LogP contribution in [0, 0.1) is 0 Å². The first-order valence-electron chi connectivity index (χ1n) is 14.8. The maximum Gasteiger partial charge on any atom is 0.338 e. The Hall–Kier alpha value is -4.47. The number of aliphatic imine (C=N–C) groups is 1. The van der Waals surface area contributed by atoms with E-state index in [-0.39, 0.29) is 17.9 Å². The quantitative estimate of drug-likeness (QED) is 0.243. The van der Waals surface area contributed by atoms with Crippen molar-refractivity contribution in [2.24, 2.45) is 4.99 Å². The third-order valence-electron chi connectivity index (χ3n) is 8.10. The van der Waals surface area contributed by atoms with Crippen molar-refractivity contribution in [1.82, 2.24) is 19.7 Å². The van der Waals surface area contributed by atoms with Crippen LogP contribution in [0.15, 0.2) is 71.7 Å². The molecule has 2 aliphatic heterocycles. The fraction of sp³-hybridized carbons (Fsp3) is 0.324. The lowest BCUT2D eigenvalue weighted by Gasteiger charge is -2.32. The van der Waals surface area contributed by atoms with E-state index in [1.807, 2.05) is 59.5 Å². The van der Waals surface area contributed by atoms with Gasteiger partial charge < -0.3 is 24.6 Å². The summed E-state index contributed by atoms with van der Waals surface area (Å²) >= 11 is 0. The lowest BCUT2D eigenvalue weighted by molar-refractivity contribution is -0.133. The van der Waals surface area contributed by atoms with Crippen LogP contribution in [0.3, 0.4) is 0 Å². The van der Waals surface area contributed by atoms with Crippen molar-refractivity contribution in [1.29, 1.82) is 0 Å². The Bertz CT molecular complexity index is 1690. The molecule has 2 aliphatic rings. The number of ether oxygens (including phenoxy) is 1. The summed E-state index contributed by atoms with van der Waals surface area (Å²) in [6.45, 7) is 9.00. The van der Waals surface area contributed by atoms with Crippen LogP contribution in [0.25, 0.3) is 10.9 Å². The number of aromatic amines is 1. The van der Waals surface area contributed by atoms with E-state index in [1.165, 1.54) is 0 Å². The van der Waals surface area contributed by atoms with Crippen LogP contribution in [0.4, 0.5) is 5.69 Å². The number of nitrogens with one attached hydrogen (secondary N) is 1. The Morgan fingerprint density at radius 2 is 1.67 bits per heavy atom. The molecule has 3 heterocycles. The fourth-order valence-corrected chi connectivity index (χ4v) is 5.75. The lowest BCUT2D eigenvalue weighted by atomic mass is 10.00. The maximum absolute atomic E-state index is 13.1. The van der Waals surface area contributed by atoms with E-state index in [9.17, 15) is 14.7 Å². The molecule has 2 N–H and O–H groups in total. The minimum Gasteiger partial charge on any atom is -0.494 e. The standard InChI is InChI=1S/C34H37N5O4/c1-22(2)43-34(42)24-10-12-28-29(18-24)36-33(41)31(28)32(23-7-5-4-6-8-23)35-27-11-9-25-19-39(20-26(25)17-27)30(40)21-38-15-13-37(3)14-16-38/h4-12,17-18,22,36,41H,13-16,19-21H2,1-3H3. The van der Waals surface area contributed by atoms with Crippen molar-refractivity contribution in [2.45, 2.75) is 33.0 Å². The molecular formula is C34H37N5O4. The van der Waals surface area contributed by atoms with Crippen LogP contribution in [0.1, 0.15) is 46.5 Å². The Kier molecular flexibility index (Phi) is 8.01. The first-order valence-corrected chi connectivity index (χ1v) is 14.8. The zero-order valence-corrected chi connectivity index (χ0v) is 24.8. The topological polar surface area (TPSA) is 101 Å². The van der Waals surface area contributed by atoms with Crippen LogP contribution in [0.5, 0.6) is 5.88 Å². The Morgan fingerprint density at radius 1 is 0.930 bits per heavy atom. The molecular weight excluding hydrogens is 542 g/mol. The molecule has 9 nitrogen and oxygen atoms in total. The van der Waals surface area contributed by atoms with Crippen molar-refractivity contribution >= 4 is 34.2 Å². The number of carbonyl (C=O) groups excluding carboxylic acids is 2. The van der Waals surface area contributed by atoms with Gasteiger partial charge in [0.05, 0.1) is 35.2 Å². The molecule has 1 aromatic heterocycles. The van der Waals surface area contributed by atoms with Crippen LogP contribution in [-0.2, 0) is 22.6 Å². The average Bonchev–Trinajstić information content (AvgIpc) is 3.57. The number of esters is 1. The molecule has 0 radical (unpaired) electrons. The zero-order chi connectivity index (χ0) is 30.1. The number of likely N-dealkylation sites (N-methyl/N-ethyl adjacent to an activating group) is 1. The first-order chi connectivity index (χ1) is 20.7. The van der Waals surface area contributed by atoms with Gasteiger partial charge in [-0.2, -0.15) is 0 Å². The monoisotopic (exact) mass is 579 g/mol. The van der Waals surface area contributed by atoms with Gasteiger partial charge in [0.1, 0.15) is 0 Å². The van der Waals surface area contributed by atoms with Gasteiger partial charge in [0.2, 0.25) is 5.91 Å². The fourth-order valence-electron chi connectivity index (χ4n) is 5.75. The third kappa shape index (κ3) is 6.18. The number of aromatic nitrogens is 1. The summed E-state index contributed by atoms with van der Waals surface area (Å²) in [5.41, 5.74) is 5.94. The maximum atomic E-state index is 13.1.